The second kappa shape index (κ2) is 8.81. The van der Waals surface area contributed by atoms with E-state index in [4.69, 9.17) is 16.3 Å². The monoisotopic (exact) mass is 506 g/mol. The largest absolute Gasteiger partial charge is 0.573 e. The van der Waals surface area contributed by atoms with Gasteiger partial charge < -0.3 is 14.4 Å². The molecular weight excluding hydrogens is 489 g/mol. The highest BCUT2D eigenvalue weighted by molar-refractivity contribution is 6.30. The van der Waals surface area contributed by atoms with Crippen molar-refractivity contribution in [3.05, 3.63) is 64.8 Å². The maximum Gasteiger partial charge on any atom is 0.573 e. The van der Waals surface area contributed by atoms with Gasteiger partial charge in [0.15, 0.2) is 11.5 Å². The Balaban J connectivity index is 1.57. The number of nitrogens with zero attached hydrogens (tertiary/aromatic N) is 3. The van der Waals surface area contributed by atoms with Gasteiger partial charge in [0.1, 0.15) is 17.5 Å². The Labute approximate surface area is 202 Å². The molecule has 5 rings (SSSR count). The van der Waals surface area contributed by atoms with Crippen molar-refractivity contribution in [1.82, 2.24) is 14.9 Å². The third-order valence-electron chi connectivity index (χ3n) is 5.70. The second-order valence-corrected chi connectivity index (χ2v) is 8.51. The fourth-order valence-corrected chi connectivity index (χ4v) is 4.36. The summed E-state index contributed by atoms with van der Waals surface area (Å²) in [6.07, 6.45) is -3.56. The maximum atomic E-state index is 13.0. The Hall–Kier alpha value is -3.73. The van der Waals surface area contributed by atoms with Gasteiger partial charge in [0.2, 0.25) is 5.91 Å². The molecule has 3 aromatic rings. The van der Waals surface area contributed by atoms with Crippen molar-refractivity contribution in [2.45, 2.75) is 31.8 Å². The van der Waals surface area contributed by atoms with Crippen LogP contribution in [0.5, 0.6) is 17.5 Å². The lowest BCUT2D eigenvalue weighted by Gasteiger charge is -2.20. The molecule has 12 heteroatoms. The summed E-state index contributed by atoms with van der Waals surface area (Å²) in [5.41, 5.74) is 0.880. The Morgan fingerprint density at radius 1 is 1.11 bits per heavy atom. The van der Waals surface area contributed by atoms with Gasteiger partial charge in [-0.05, 0) is 42.7 Å². The van der Waals surface area contributed by atoms with Crippen LogP contribution in [0.1, 0.15) is 28.9 Å². The number of carbonyl (C=O) groups excluding carboxylic acids is 2. The first-order chi connectivity index (χ1) is 16.7. The number of alkyl halides is 3. The average Bonchev–Trinajstić information content (AvgIpc) is 3.37. The van der Waals surface area contributed by atoms with Crippen molar-refractivity contribution < 1.29 is 32.2 Å². The van der Waals surface area contributed by atoms with E-state index in [2.05, 4.69) is 15.0 Å². The number of nitrogens with one attached hydrogen (secondary N) is 1. The van der Waals surface area contributed by atoms with E-state index in [1.807, 2.05) is 0 Å². The number of benzene rings is 2. The third kappa shape index (κ3) is 4.76. The van der Waals surface area contributed by atoms with Crippen LogP contribution in [0.25, 0.3) is 0 Å². The predicted octanol–water partition coefficient (Wildman–Crippen LogP) is 4.51. The molecule has 3 heterocycles. The predicted molar refractivity (Wildman–Crippen MR) is 119 cm³/mol. The third-order valence-corrected chi connectivity index (χ3v) is 5.95. The molecule has 1 fully saturated rings. The van der Waals surface area contributed by atoms with E-state index >= 15 is 0 Å². The number of aromatic nitrogens is 2. The molecular formula is C23H18ClF3N4O4. The summed E-state index contributed by atoms with van der Waals surface area (Å²) in [5, 5.41) is 2.94. The first-order valence-corrected chi connectivity index (χ1v) is 11.1. The fraction of sp³-hybridized carbons (Fsp3) is 0.261. The first kappa shape index (κ1) is 23.0. The average molecular weight is 507 g/mol. The quantitative estimate of drug-likeness (QED) is 0.512. The highest BCUT2D eigenvalue weighted by Crippen LogP contribution is 2.36. The second-order valence-electron chi connectivity index (χ2n) is 8.07. The van der Waals surface area contributed by atoms with Crippen LogP contribution in [0, 0.1) is 0 Å². The normalized spacial score (nSPS) is 17.5. The number of anilines is 1. The summed E-state index contributed by atoms with van der Waals surface area (Å²) in [4.78, 5) is 31.9. The van der Waals surface area contributed by atoms with Gasteiger partial charge in [-0.25, -0.2) is 0 Å². The molecule has 0 saturated carbocycles. The highest BCUT2D eigenvalue weighted by atomic mass is 35.5. The van der Waals surface area contributed by atoms with E-state index in [0.29, 0.717) is 18.0 Å². The number of halogens is 4. The van der Waals surface area contributed by atoms with E-state index in [-0.39, 0.29) is 29.8 Å². The van der Waals surface area contributed by atoms with Crippen LogP contribution in [-0.2, 0) is 11.3 Å². The Morgan fingerprint density at radius 2 is 1.86 bits per heavy atom. The molecule has 2 aromatic carbocycles. The van der Waals surface area contributed by atoms with Gasteiger partial charge in [-0.3, -0.25) is 19.5 Å². The number of carbonyl (C=O) groups is 2. The van der Waals surface area contributed by atoms with Crippen LogP contribution in [-0.4, -0.2) is 40.3 Å². The smallest absolute Gasteiger partial charge is 0.425 e. The van der Waals surface area contributed by atoms with E-state index in [0.717, 1.165) is 24.1 Å². The number of imide groups is 1. The molecule has 2 aliphatic heterocycles. The summed E-state index contributed by atoms with van der Waals surface area (Å²) in [6, 6.07) is 11.3. The molecule has 1 unspecified atom stereocenters. The lowest BCUT2D eigenvalue weighted by molar-refractivity contribution is -0.274. The van der Waals surface area contributed by atoms with E-state index < -0.39 is 30.0 Å². The van der Waals surface area contributed by atoms with E-state index in [1.165, 1.54) is 16.7 Å². The van der Waals surface area contributed by atoms with E-state index in [1.54, 1.807) is 29.2 Å². The SMILES string of the molecule is O=C1NC(=O)C2CCCN2c2nc(Oc3cccc(OC(F)(F)F)c3)n(Cc3ccc(Cl)cc3)c21. The van der Waals surface area contributed by atoms with Crippen molar-refractivity contribution in [3.63, 3.8) is 0 Å². The van der Waals surface area contributed by atoms with Gasteiger partial charge in [-0.2, -0.15) is 4.98 Å². The molecule has 182 valence electrons. The Bertz CT molecular complexity index is 1290. The van der Waals surface area contributed by atoms with Gasteiger partial charge in [0.05, 0.1) is 6.54 Å². The number of ether oxygens (including phenoxy) is 2. The molecule has 0 radical (unpaired) electrons. The minimum atomic E-state index is -4.86. The topological polar surface area (TPSA) is 85.7 Å². The number of amides is 2. The zero-order chi connectivity index (χ0) is 24.7. The number of hydrogen-bond acceptors (Lipinski definition) is 6. The molecule has 1 atom stereocenters. The molecule has 0 aliphatic carbocycles. The first-order valence-electron chi connectivity index (χ1n) is 10.7. The van der Waals surface area contributed by atoms with Gasteiger partial charge >= 0.3 is 12.4 Å². The van der Waals surface area contributed by atoms with Crippen LogP contribution in [0.4, 0.5) is 19.0 Å². The van der Waals surface area contributed by atoms with Gasteiger partial charge in [-0.1, -0.05) is 29.8 Å². The molecule has 0 bridgehead atoms. The van der Waals surface area contributed by atoms with Crippen molar-refractivity contribution >= 4 is 29.2 Å². The molecule has 2 amide bonds. The van der Waals surface area contributed by atoms with Gasteiger partial charge in [0.25, 0.3) is 5.91 Å². The van der Waals surface area contributed by atoms with Crippen molar-refractivity contribution in [2.24, 2.45) is 0 Å². The van der Waals surface area contributed by atoms with Crippen molar-refractivity contribution in [1.29, 1.82) is 0 Å². The molecule has 2 aliphatic rings. The van der Waals surface area contributed by atoms with Crippen LogP contribution < -0.4 is 19.7 Å². The molecule has 35 heavy (non-hydrogen) atoms. The summed E-state index contributed by atoms with van der Waals surface area (Å²) >= 11 is 5.99. The lowest BCUT2D eigenvalue weighted by Crippen LogP contribution is -2.42. The fourth-order valence-electron chi connectivity index (χ4n) is 4.23. The Kier molecular flexibility index (Phi) is 5.79. The van der Waals surface area contributed by atoms with Crippen LogP contribution >= 0.6 is 11.6 Å². The van der Waals surface area contributed by atoms with E-state index in [9.17, 15) is 22.8 Å². The van der Waals surface area contributed by atoms with Gasteiger partial charge in [-0.15, -0.1) is 13.2 Å². The molecule has 0 spiro atoms. The van der Waals surface area contributed by atoms with Gasteiger partial charge in [0, 0.05) is 17.6 Å². The molecule has 8 nitrogen and oxygen atoms in total. The van der Waals surface area contributed by atoms with Crippen LogP contribution in [0.3, 0.4) is 0 Å². The molecule has 1 aromatic heterocycles. The molecule has 1 saturated heterocycles. The van der Waals surface area contributed by atoms with Crippen LogP contribution in [0.15, 0.2) is 48.5 Å². The van der Waals surface area contributed by atoms with Crippen molar-refractivity contribution in [2.75, 3.05) is 11.4 Å². The minimum absolute atomic E-state index is 0.0238. The number of rotatable bonds is 5. The highest BCUT2D eigenvalue weighted by Gasteiger charge is 2.41. The van der Waals surface area contributed by atoms with Crippen LogP contribution in [0.2, 0.25) is 5.02 Å². The number of fused-ring (bicyclic) bond motifs is 3. The maximum absolute atomic E-state index is 13.0. The minimum Gasteiger partial charge on any atom is -0.425 e. The zero-order valence-corrected chi connectivity index (χ0v) is 18.8. The summed E-state index contributed by atoms with van der Waals surface area (Å²) in [7, 11) is 0. The Morgan fingerprint density at radius 3 is 2.60 bits per heavy atom. The number of hydrogen-bond donors (Lipinski definition) is 1. The lowest BCUT2D eigenvalue weighted by atomic mass is 10.2. The standard InChI is InChI=1S/C23H18ClF3N4O4/c24-14-8-6-13(7-9-14)12-31-18-19(30-10-2-5-17(30)20(32)29-21(18)33)28-22(31)34-15-3-1-4-16(11-15)35-23(25,26)27/h1,3-4,6-9,11,17H,2,5,10,12H2,(H,29,32,33). The summed E-state index contributed by atoms with van der Waals surface area (Å²) < 4.78 is 49.3. The zero-order valence-electron chi connectivity index (χ0n) is 18.0. The summed E-state index contributed by atoms with van der Waals surface area (Å²) in [5.74, 6) is -1.19. The number of imidazole rings is 1. The molecule has 1 N–H and O–H groups in total. The van der Waals surface area contributed by atoms with Crippen molar-refractivity contribution in [3.8, 4) is 17.5 Å². The summed E-state index contributed by atoms with van der Waals surface area (Å²) in [6.45, 7) is 0.651.